The molecule has 1 amide bonds. The highest BCUT2D eigenvalue weighted by molar-refractivity contribution is 6.37. The van der Waals surface area contributed by atoms with Crippen molar-refractivity contribution in [2.24, 2.45) is 7.05 Å². The molecule has 0 spiro atoms. The number of rotatable bonds is 6. The molecule has 1 aliphatic heterocycles. The Balaban J connectivity index is 1.56. The zero-order valence-corrected chi connectivity index (χ0v) is 19.4. The number of nitrogens with zero attached hydrogens (tertiary/aromatic N) is 2. The van der Waals surface area contributed by atoms with Gasteiger partial charge in [-0.1, -0.05) is 36.4 Å². The fraction of sp³-hybridized carbons (Fsp3) is 0.107. The second-order valence-corrected chi connectivity index (χ2v) is 8.12. The van der Waals surface area contributed by atoms with Gasteiger partial charge in [0.2, 0.25) is 0 Å². The summed E-state index contributed by atoms with van der Waals surface area (Å²) in [6.07, 6.45) is 3.67. The van der Waals surface area contributed by atoms with Crippen molar-refractivity contribution in [1.29, 1.82) is 0 Å². The number of nitrogens with one attached hydrogen (secondary N) is 2. The van der Waals surface area contributed by atoms with Gasteiger partial charge in [0.25, 0.3) is 5.91 Å². The van der Waals surface area contributed by atoms with Crippen LogP contribution >= 0.6 is 0 Å². The predicted octanol–water partition coefficient (Wildman–Crippen LogP) is 5.20. The third kappa shape index (κ3) is 4.31. The summed E-state index contributed by atoms with van der Waals surface area (Å²) in [7, 11) is 1.95. The van der Waals surface area contributed by atoms with E-state index in [0.29, 0.717) is 22.5 Å². The lowest BCUT2D eigenvalue weighted by atomic mass is 9.99. The fourth-order valence-electron chi connectivity index (χ4n) is 4.14. The van der Waals surface area contributed by atoms with Gasteiger partial charge in [-0.05, 0) is 48.9 Å². The summed E-state index contributed by atoms with van der Waals surface area (Å²) in [5.41, 5.74) is 5.57. The highest BCUT2D eigenvalue weighted by Crippen LogP contribution is 2.38. The van der Waals surface area contributed by atoms with Gasteiger partial charge in [-0.2, -0.15) is 0 Å². The summed E-state index contributed by atoms with van der Waals surface area (Å²) in [5.74, 6) is 0.216. The Labute approximate surface area is 203 Å². The van der Waals surface area contributed by atoms with Gasteiger partial charge in [0.05, 0.1) is 29.1 Å². The number of hydrogen-bond acceptors (Lipinski definition) is 5. The minimum Gasteiger partial charge on any atom is -0.462 e. The number of benzene rings is 3. The first-order valence-electron chi connectivity index (χ1n) is 11.3. The van der Waals surface area contributed by atoms with Crippen LogP contribution in [0.25, 0.3) is 22.7 Å². The molecule has 35 heavy (non-hydrogen) atoms. The highest BCUT2D eigenvalue weighted by atomic mass is 16.5. The monoisotopic (exact) mass is 464 g/mol. The minimum absolute atomic E-state index is 0.239. The molecule has 0 saturated carbocycles. The van der Waals surface area contributed by atoms with Crippen LogP contribution in [-0.4, -0.2) is 28.0 Å². The van der Waals surface area contributed by atoms with Crippen molar-refractivity contribution in [3.05, 3.63) is 102 Å². The number of aromatic nitrogens is 2. The second kappa shape index (κ2) is 9.30. The normalized spacial score (nSPS) is 13.7. The number of aryl methyl sites for hydroxylation is 1. The third-order valence-electron chi connectivity index (χ3n) is 5.82. The molecule has 0 radical (unpaired) electrons. The highest BCUT2D eigenvalue weighted by Gasteiger charge is 2.29. The molecule has 0 atom stereocenters. The molecular formula is C28H24N4O3. The number of amides is 1. The molecule has 5 rings (SSSR count). The molecule has 0 aliphatic carbocycles. The van der Waals surface area contributed by atoms with Gasteiger partial charge in [-0.25, -0.2) is 9.78 Å². The van der Waals surface area contributed by atoms with Crippen LogP contribution in [-0.2, 0) is 16.6 Å². The maximum Gasteiger partial charge on any atom is 0.338 e. The zero-order valence-electron chi connectivity index (χ0n) is 19.4. The van der Waals surface area contributed by atoms with E-state index < -0.39 is 5.97 Å². The lowest BCUT2D eigenvalue weighted by Crippen LogP contribution is -2.10. The summed E-state index contributed by atoms with van der Waals surface area (Å²) in [4.78, 5) is 29.7. The van der Waals surface area contributed by atoms with Crippen molar-refractivity contribution in [2.45, 2.75) is 6.92 Å². The molecule has 1 aliphatic rings. The Hall–Kier alpha value is -4.65. The summed E-state index contributed by atoms with van der Waals surface area (Å²) in [6.45, 7) is 2.04. The van der Waals surface area contributed by atoms with Crippen molar-refractivity contribution < 1.29 is 14.3 Å². The van der Waals surface area contributed by atoms with Crippen molar-refractivity contribution in [1.82, 2.24) is 9.55 Å². The number of hydrogen-bond donors (Lipinski definition) is 2. The standard InChI is InChI=1S/C28H24N4O3/c1-3-35-28(34)20-11-14-22-23(17-20)31-27(33)24(22)25(18-7-5-4-6-8-18)30-21-12-9-19(10-13-21)26-29-15-16-32(26)2/h4-17,30H,3H2,1-2H3,(H,31,33)/b25-24-. The number of ether oxygens (including phenoxy) is 1. The Kier molecular flexibility index (Phi) is 5.89. The number of imidazole rings is 1. The first-order chi connectivity index (χ1) is 17.0. The van der Waals surface area contributed by atoms with Gasteiger partial charge in [-0.15, -0.1) is 0 Å². The molecule has 4 aromatic rings. The Morgan fingerprint density at radius 2 is 1.80 bits per heavy atom. The molecule has 0 bridgehead atoms. The molecule has 7 heteroatoms. The van der Waals surface area contributed by atoms with Gasteiger partial charge in [0.1, 0.15) is 5.82 Å². The Morgan fingerprint density at radius 1 is 1.03 bits per heavy atom. The van der Waals surface area contributed by atoms with Crippen LogP contribution in [0.5, 0.6) is 0 Å². The molecule has 174 valence electrons. The van der Waals surface area contributed by atoms with E-state index in [4.69, 9.17) is 4.74 Å². The number of fused-ring (bicyclic) bond motifs is 1. The maximum atomic E-state index is 13.2. The second-order valence-electron chi connectivity index (χ2n) is 8.12. The van der Waals surface area contributed by atoms with Crippen molar-refractivity contribution in [3.63, 3.8) is 0 Å². The van der Waals surface area contributed by atoms with E-state index in [1.54, 1.807) is 31.3 Å². The van der Waals surface area contributed by atoms with Crippen molar-refractivity contribution in [2.75, 3.05) is 17.2 Å². The topological polar surface area (TPSA) is 85.2 Å². The van der Waals surface area contributed by atoms with Gasteiger partial charge < -0.3 is 19.9 Å². The van der Waals surface area contributed by atoms with Crippen molar-refractivity contribution >= 4 is 34.5 Å². The van der Waals surface area contributed by atoms with E-state index in [1.165, 1.54) is 0 Å². The maximum absolute atomic E-state index is 13.2. The summed E-state index contributed by atoms with van der Waals surface area (Å²) in [5, 5.41) is 6.35. The third-order valence-corrected chi connectivity index (χ3v) is 5.82. The van der Waals surface area contributed by atoms with Crippen LogP contribution in [0.2, 0.25) is 0 Å². The molecule has 1 aromatic heterocycles. The van der Waals surface area contributed by atoms with Crippen LogP contribution in [0.1, 0.15) is 28.4 Å². The van der Waals surface area contributed by atoms with Gasteiger partial charge in [-0.3, -0.25) is 4.79 Å². The van der Waals surface area contributed by atoms with Gasteiger partial charge in [0, 0.05) is 36.3 Å². The van der Waals surface area contributed by atoms with E-state index in [1.807, 2.05) is 72.4 Å². The van der Waals surface area contributed by atoms with Gasteiger partial charge >= 0.3 is 5.97 Å². The molecule has 2 heterocycles. The van der Waals surface area contributed by atoms with Crippen LogP contribution in [0, 0.1) is 0 Å². The van der Waals surface area contributed by atoms with E-state index in [2.05, 4.69) is 15.6 Å². The van der Waals surface area contributed by atoms with Crippen LogP contribution < -0.4 is 10.6 Å². The average Bonchev–Trinajstić information content (AvgIpc) is 3.45. The molecule has 0 unspecified atom stereocenters. The minimum atomic E-state index is -0.420. The molecule has 0 saturated heterocycles. The Bertz CT molecular complexity index is 1440. The quantitative estimate of drug-likeness (QED) is 0.303. The van der Waals surface area contributed by atoms with E-state index in [-0.39, 0.29) is 12.5 Å². The fourth-order valence-corrected chi connectivity index (χ4v) is 4.14. The largest absolute Gasteiger partial charge is 0.462 e. The number of carbonyl (C=O) groups excluding carboxylic acids is 2. The van der Waals surface area contributed by atoms with Crippen LogP contribution in [0.3, 0.4) is 0 Å². The number of carbonyl (C=O) groups is 2. The molecule has 0 fully saturated rings. The first kappa shape index (κ1) is 22.2. The average molecular weight is 465 g/mol. The Morgan fingerprint density at radius 3 is 2.49 bits per heavy atom. The van der Waals surface area contributed by atoms with E-state index in [9.17, 15) is 9.59 Å². The summed E-state index contributed by atoms with van der Waals surface area (Å²) in [6, 6.07) is 22.7. The van der Waals surface area contributed by atoms with E-state index in [0.717, 1.165) is 28.2 Å². The molecular weight excluding hydrogens is 440 g/mol. The molecule has 2 N–H and O–H groups in total. The predicted molar refractivity (Wildman–Crippen MR) is 137 cm³/mol. The lowest BCUT2D eigenvalue weighted by Gasteiger charge is -2.15. The van der Waals surface area contributed by atoms with Crippen molar-refractivity contribution in [3.8, 4) is 11.4 Å². The van der Waals surface area contributed by atoms with E-state index >= 15 is 0 Å². The van der Waals surface area contributed by atoms with Crippen LogP contribution in [0.15, 0.2) is 85.2 Å². The SMILES string of the molecule is CCOC(=O)c1ccc2c(c1)NC(=O)/C2=C(\Nc1ccc(-c2nccn2C)cc1)c1ccccc1. The number of esters is 1. The zero-order chi connectivity index (χ0) is 24.4. The summed E-state index contributed by atoms with van der Waals surface area (Å²) >= 11 is 0. The first-order valence-corrected chi connectivity index (χ1v) is 11.3. The molecule has 3 aromatic carbocycles. The molecule has 7 nitrogen and oxygen atoms in total. The number of anilines is 2. The lowest BCUT2D eigenvalue weighted by molar-refractivity contribution is -0.110. The summed E-state index contributed by atoms with van der Waals surface area (Å²) < 4.78 is 7.06. The van der Waals surface area contributed by atoms with Crippen LogP contribution in [0.4, 0.5) is 11.4 Å². The van der Waals surface area contributed by atoms with Gasteiger partial charge in [0.15, 0.2) is 0 Å². The smallest absolute Gasteiger partial charge is 0.338 e.